The van der Waals surface area contributed by atoms with Crippen LogP contribution in [0.3, 0.4) is 0 Å². The lowest BCUT2D eigenvalue weighted by atomic mass is 10.1. The maximum Gasteiger partial charge on any atom is 0.340 e. The van der Waals surface area contributed by atoms with Gasteiger partial charge in [-0.3, -0.25) is 4.79 Å². The molecular weight excluding hydrogens is 348 g/mol. The van der Waals surface area contributed by atoms with Crippen molar-refractivity contribution in [1.82, 2.24) is 9.97 Å². The van der Waals surface area contributed by atoms with Crippen LogP contribution in [0.25, 0.3) is 0 Å². The van der Waals surface area contributed by atoms with Crippen molar-refractivity contribution >= 4 is 23.5 Å². The van der Waals surface area contributed by atoms with E-state index in [1.165, 1.54) is 12.3 Å². The molecule has 1 aromatic heterocycles. The van der Waals surface area contributed by atoms with Gasteiger partial charge in [0.15, 0.2) is 0 Å². The Morgan fingerprint density at radius 3 is 2.93 bits per heavy atom. The highest BCUT2D eigenvalue weighted by Crippen LogP contribution is 2.17. The monoisotopic (exact) mass is 370 g/mol. The van der Waals surface area contributed by atoms with Gasteiger partial charge in [-0.1, -0.05) is 12.1 Å². The van der Waals surface area contributed by atoms with Crippen LogP contribution in [-0.2, 0) is 9.47 Å². The Morgan fingerprint density at radius 1 is 1.30 bits per heavy atom. The predicted octanol–water partition coefficient (Wildman–Crippen LogP) is 2.50. The molecule has 8 nitrogen and oxygen atoms in total. The lowest BCUT2D eigenvalue weighted by molar-refractivity contribution is 0.0527. The Morgan fingerprint density at radius 2 is 2.15 bits per heavy atom. The summed E-state index contributed by atoms with van der Waals surface area (Å²) in [4.78, 5) is 32.9. The van der Waals surface area contributed by atoms with Gasteiger partial charge in [0, 0.05) is 19.3 Å². The molecule has 1 fully saturated rings. The van der Waals surface area contributed by atoms with E-state index in [2.05, 4.69) is 20.6 Å². The first-order chi connectivity index (χ1) is 13.2. The maximum absolute atomic E-state index is 12.6. The van der Waals surface area contributed by atoms with Crippen LogP contribution in [0.5, 0.6) is 0 Å². The predicted molar refractivity (Wildman–Crippen MR) is 99.8 cm³/mol. The molecule has 1 aliphatic heterocycles. The largest absolute Gasteiger partial charge is 0.462 e. The van der Waals surface area contributed by atoms with Gasteiger partial charge in [-0.2, -0.15) is 0 Å². The smallest absolute Gasteiger partial charge is 0.340 e. The number of nitrogens with one attached hydrogen (secondary N) is 2. The van der Waals surface area contributed by atoms with Crippen molar-refractivity contribution in [1.29, 1.82) is 0 Å². The number of ether oxygens (including phenoxy) is 2. The van der Waals surface area contributed by atoms with Gasteiger partial charge in [0.2, 0.25) is 5.95 Å². The Hall–Kier alpha value is -3.00. The first-order valence-corrected chi connectivity index (χ1v) is 8.93. The Labute approximate surface area is 157 Å². The average Bonchev–Trinajstić information content (AvgIpc) is 3.21. The highest BCUT2D eigenvalue weighted by Gasteiger charge is 2.17. The number of carbonyl (C=O) groups excluding carboxylic acids is 2. The number of anilines is 2. The standard InChI is InChI=1S/C19H22N4O4/c1-2-26-18(25)14-7-3-4-8-15(14)22-17(24)16-9-10-20-19(23-16)21-12-13-6-5-11-27-13/h3-4,7-10,13H,2,5-6,11-12H2,1H3,(H,22,24)(H,20,21,23). The highest BCUT2D eigenvalue weighted by atomic mass is 16.5. The molecule has 1 unspecified atom stereocenters. The van der Waals surface area contributed by atoms with Crippen LogP contribution in [0, 0.1) is 0 Å². The molecule has 1 aromatic carbocycles. The zero-order valence-electron chi connectivity index (χ0n) is 15.1. The first kappa shape index (κ1) is 18.8. The zero-order chi connectivity index (χ0) is 19.1. The van der Waals surface area contributed by atoms with Crippen molar-refractivity contribution in [3.8, 4) is 0 Å². The second kappa shape index (κ2) is 9.09. The van der Waals surface area contributed by atoms with Gasteiger partial charge in [0.1, 0.15) is 5.69 Å². The van der Waals surface area contributed by atoms with Crippen LogP contribution in [-0.4, -0.2) is 47.7 Å². The molecule has 2 N–H and O–H groups in total. The summed E-state index contributed by atoms with van der Waals surface area (Å²) in [6.45, 7) is 3.35. The summed E-state index contributed by atoms with van der Waals surface area (Å²) in [5.41, 5.74) is 0.852. The average molecular weight is 370 g/mol. The second-order valence-corrected chi connectivity index (χ2v) is 6.00. The maximum atomic E-state index is 12.6. The Balaban J connectivity index is 1.67. The van der Waals surface area contributed by atoms with Crippen molar-refractivity contribution in [2.45, 2.75) is 25.9 Å². The summed E-state index contributed by atoms with van der Waals surface area (Å²) in [5.74, 6) is -0.568. The minimum atomic E-state index is -0.491. The number of rotatable bonds is 7. The second-order valence-electron chi connectivity index (χ2n) is 6.00. The third kappa shape index (κ3) is 5.01. The van der Waals surface area contributed by atoms with Crippen LogP contribution in [0.2, 0.25) is 0 Å². The number of benzene rings is 1. The molecule has 2 heterocycles. The lowest BCUT2D eigenvalue weighted by Crippen LogP contribution is -2.21. The molecule has 2 aromatic rings. The topological polar surface area (TPSA) is 102 Å². The van der Waals surface area contributed by atoms with E-state index in [4.69, 9.17) is 9.47 Å². The normalized spacial score (nSPS) is 16.0. The number of amides is 1. The number of carbonyl (C=O) groups is 2. The number of nitrogens with zero attached hydrogens (tertiary/aromatic N) is 2. The van der Waals surface area contributed by atoms with Crippen molar-refractivity contribution in [3.63, 3.8) is 0 Å². The van der Waals surface area contributed by atoms with E-state index >= 15 is 0 Å². The van der Waals surface area contributed by atoms with E-state index in [9.17, 15) is 9.59 Å². The van der Waals surface area contributed by atoms with E-state index in [-0.39, 0.29) is 18.4 Å². The molecule has 0 spiro atoms. The summed E-state index contributed by atoms with van der Waals surface area (Å²) in [5, 5.41) is 5.80. The fraction of sp³-hybridized carbons (Fsp3) is 0.368. The van der Waals surface area contributed by atoms with Crippen LogP contribution in [0.4, 0.5) is 11.6 Å². The number of hydrogen-bond donors (Lipinski definition) is 2. The summed E-state index contributed by atoms with van der Waals surface area (Å²) < 4.78 is 10.6. The summed E-state index contributed by atoms with van der Waals surface area (Å²) in [7, 11) is 0. The van der Waals surface area contributed by atoms with Crippen molar-refractivity contribution in [2.24, 2.45) is 0 Å². The number of hydrogen-bond acceptors (Lipinski definition) is 7. The summed E-state index contributed by atoms with van der Waals surface area (Å²) in [6, 6.07) is 8.19. The quantitative estimate of drug-likeness (QED) is 0.722. The fourth-order valence-electron chi connectivity index (χ4n) is 2.75. The molecule has 0 bridgehead atoms. The summed E-state index contributed by atoms with van der Waals surface area (Å²) >= 11 is 0. The SMILES string of the molecule is CCOC(=O)c1ccccc1NC(=O)c1ccnc(NCC2CCCO2)n1. The van der Waals surface area contributed by atoms with E-state index in [1.807, 2.05) is 0 Å². The van der Waals surface area contributed by atoms with Crippen molar-refractivity contribution < 1.29 is 19.1 Å². The van der Waals surface area contributed by atoms with E-state index < -0.39 is 11.9 Å². The number of aromatic nitrogens is 2. The molecular formula is C19H22N4O4. The van der Waals surface area contributed by atoms with Gasteiger partial charge >= 0.3 is 5.97 Å². The molecule has 0 saturated carbocycles. The number of para-hydroxylation sites is 1. The molecule has 0 aliphatic carbocycles. The summed E-state index contributed by atoms with van der Waals surface area (Å²) in [6.07, 6.45) is 3.70. The molecule has 0 radical (unpaired) electrons. The van der Waals surface area contributed by atoms with Gasteiger partial charge in [0.05, 0.1) is 24.0 Å². The van der Waals surface area contributed by atoms with E-state index in [0.29, 0.717) is 23.7 Å². The molecule has 3 rings (SSSR count). The van der Waals surface area contributed by atoms with Crippen molar-refractivity contribution in [3.05, 3.63) is 47.8 Å². The lowest BCUT2D eigenvalue weighted by Gasteiger charge is -2.12. The molecule has 1 amide bonds. The van der Waals surface area contributed by atoms with Gasteiger partial charge in [0.25, 0.3) is 5.91 Å². The van der Waals surface area contributed by atoms with Crippen molar-refractivity contribution in [2.75, 3.05) is 30.4 Å². The van der Waals surface area contributed by atoms with Gasteiger partial charge in [-0.05, 0) is 38.0 Å². The molecule has 27 heavy (non-hydrogen) atoms. The fourth-order valence-corrected chi connectivity index (χ4v) is 2.75. The van der Waals surface area contributed by atoms with Gasteiger partial charge in [-0.15, -0.1) is 0 Å². The molecule has 8 heteroatoms. The zero-order valence-corrected chi connectivity index (χ0v) is 15.1. The Bertz CT molecular complexity index is 806. The molecule has 1 saturated heterocycles. The van der Waals surface area contributed by atoms with Crippen LogP contribution >= 0.6 is 0 Å². The Kier molecular flexibility index (Phi) is 6.32. The van der Waals surface area contributed by atoms with Gasteiger partial charge < -0.3 is 20.1 Å². The highest BCUT2D eigenvalue weighted by molar-refractivity contribution is 6.07. The van der Waals surface area contributed by atoms with E-state index in [0.717, 1.165) is 19.4 Å². The van der Waals surface area contributed by atoms with Crippen LogP contribution < -0.4 is 10.6 Å². The van der Waals surface area contributed by atoms with Crippen LogP contribution in [0.15, 0.2) is 36.5 Å². The minimum Gasteiger partial charge on any atom is -0.462 e. The minimum absolute atomic E-state index is 0.141. The van der Waals surface area contributed by atoms with E-state index in [1.54, 1.807) is 31.2 Å². The van der Waals surface area contributed by atoms with Crippen LogP contribution in [0.1, 0.15) is 40.6 Å². The third-order valence-corrected chi connectivity index (χ3v) is 4.07. The number of esters is 1. The first-order valence-electron chi connectivity index (χ1n) is 8.93. The van der Waals surface area contributed by atoms with Gasteiger partial charge in [-0.25, -0.2) is 14.8 Å². The third-order valence-electron chi connectivity index (χ3n) is 4.07. The molecule has 1 aliphatic rings. The molecule has 142 valence electrons. The molecule has 1 atom stereocenters.